The lowest BCUT2D eigenvalue weighted by Gasteiger charge is -2.44. The summed E-state index contributed by atoms with van der Waals surface area (Å²) in [6.07, 6.45) is 1.21. The second-order valence-corrected chi connectivity index (χ2v) is 8.57. The third-order valence-electron chi connectivity index (χ3n) is 4.92. The van der Waals surface area contributed by atoms with Gasteiger partial charge in [0.1, 0.15) is 12.2 Å². The van der Waals surface area contributed by atoms with Gasteiger partial charge in [0, 0.05) is 0 Å². The van der Waals surface area contributed by atoms with Gasteiger partial charge >= 0.3 is 18.1 Å². The van der Waals surface area contributed by atoms with Crippen LogP contribution in [0, 0.1) is 5.92 Å². The Morgan fingerprint density at radius 1 is 1.17 bits per heavy atom. The number of benzene rings is 1. The van der Waals surface area contributed by atoms with Gasteiger partial charge < -0.3 is 15.2 Å². The number of ether oxygens (including phenoxy) is 2. The third-order valence-corrected chi connectivity index (χ3v) is 4.92. The fraction of sp³-hybridized carbons (Fsp3) is 0.571. The molecular weight excluding hydrogens is 374 g/mol. The molecule has 8 heteroatoms. The first-order valence-corrected chi connectivity index (χ1v) is 9.84. The molecule has 2 rings (SSSR count). The molecule has 3 N–H and O–H groups in total. The van der Waals surface area contributed by atoms with Crippen molar-refractivity contribution in [2.45, 2.75) is 71.1 Å². The molecule has 0 heterocycles. The topological polar surface area (TPSA) is 111 Å². The normalized spacial score (nSPS) is 21.7. The second-order valence-electron chi connectivity index (χ2n) is 8.57. The Bertz CT molecular complexity index is 722. The molecule has 0 atom stereocenters. The largest absolute Gasteiger partial charge is 0.459 e. The van der Waals surface area contributed by atoms with Crippen LogP contribution >= 0.6 is 0 Å². The fourth-order valence-electron chi connectivity index (χ4n) is 3.36. The fourth-order valence-corrected chi connectivity index (χ4v) is 3.36. The summed E-state index contributed by atoms with van der Waals surface area (Å²) in [6.45, 7) is 7.26. The maximum absolute atomic E-state index is 13.2. The first-order chi connectivity index (χ1) is 13.5. The number of esters is 1. The van der Waals surface area contributed by atoms with Crippen LogP contribution < -0.4 is 11.2 Å². The van der Waals surface area contributed by atoms with Gasteiger partial charge in [0.25, 0.3) is 0 Å². The zero-order chi connectivity index (χ0) is 21.7. The Kier molecular flexibility index (Phi) is 7.11. The van der Waals surface area contributed by atoms with Crippen molar-refractivity contribution in [2.24, 2.45) is 11.7 Å². The number of hydrogen-bond acceptors (Lipinski definition) is 5. The van der Waals surface area contributed by atoms with Crippen LogP contribution in [0.2, 0.25) is 0 Å². The summed E-state index contributed by atoms with van der Waals surface area (Å²) < 4.78 is 11.0. The van der Waals surface area contributed by atoms with Gasteiger partial charge in [0.15, 0.2) is 5.54 Å². The van der Waals surface area contributed by atoms with Gasteiger partial charge in [-0.3, -0.25) is 0 Å². The summed E-state index contributed by atoms with van der Waals surface area (Å²) in [5.74, 6) is -0.202. The average Bonchev–Trinajstić information content (AvgIpc) is 2.64. The number of primary amides is 1. The zero-order valence-corrected chi connectivity index (χ0v) is 17.6. The van der Waals surface area contributed by atoms with Crippen molar-refractivity contribution in [2.75, 3.05) is 0 Å². The lowest BCUT2D eigenvalue weighted by atomic mass is 9.76. The smallest absolute Gasteiger partial charge is 0.430 e. The van der Waals surface area contributed by atoms with Crippen LogP contribution in [0.25, 0.3) is 0 Å². The summed E-state index contributed by atoms with van der Waals surface area (Å²) in [5, 5.41) is 0.930. The minimum Gasteiger partial charge on any atom is -0.459 e. The number of urea groups is 1. The van der Waals surface area contributed by atoms with Gasteiger partial charge in [0.05, 0.1) is 0 Å². The average molecular weight is 405 g/mol. The maximum Gasteiger partial charge on any atom is 0.430 e. The highest BCUT2D eigenvalue weighted by Crippen LogP contribution is 2.37. The number of nitrogens with one attached hydrogen (secondary N) is 1. The highest BCUT2D eigenvalue weighted by molar-refractivity contribution is 5.87. The van der Waals surface area contributed by atoms with Crippen molar-refractivity contribution in [3.8, 4) is 0 Å². The lowest BCUT2D eigenvalue weighted by Crippen LogP contribution is -2.66. The number of amides is 3. The van der Waals surface area contributed by atoms with Crippen LogP contribution in [-0.4, -0.2) is 34.2 Å². The molecule has 1 aliphatic rings. The molecule has 0 radical (unpaired) electrons. The van der Waals surface area contributed by atoms with E-state index in [1.165, 1.54) is 0 Å². The van der Waals surface area contributed by atoms with Crippen molar-refractivity contribution >= 4 is 18.1 Å². The van der Waals surface area contributed by atoms with Crippen molar-refractivity contribution in [3.05, 3.63) is 35.9 Å². The predicted octanol–water partition coefficient (Wildman–Crippen LogP) is 3.50. The van der Waals surface area contributed by atoms with Crippen LogP contribution in [-0.2, 0) is 20.9 Å². The number of rotatable bonds is 4. The van der Waals surface area contributed by atoms with Gasteiger partial charge in [-0.1, -0.05) is 37.3 Å². The highest BCUT2D eigenvalue weighted by Gasteiger charge is 2.51. The molecule has 29 heavy (non-hydrogen) atoms. The molecule has 0 bridgehead atoms. The van der Waals surface area contributed by atoms with Gasteiger partial charge in [-0.05, 0) is 57.9 Å². The van der Waals surface area contributed by atoms with Gasteiger partial charge in [-0.2, -0.15) is 5.01 Å². The van der Waals surface area contributed by atoms with E-state index in [2.05, 4.69) is 12.3 Å². The Labute approximate surface area is 171 Å². The van der Waals surface area contributed by atoms with E-state index in [4.69, 9.17) is 15.2 Å². The number of carbonyl (C=O) groups is 3. The van der Waals surface area contributed by atoms with E-state index in [9.17, 15) is 14.4 Å². The minimum absolute atomic E-state index is 0.0652. The highest BCUT2D eigenvalue weighted by atomic mass is 16.6. The predicted molar refractivity (Wildman–Crippen MR) is 107 cm³/mol. The molecule has 0 spiro atoms. The third kappa shape index (κ3) is 6.10. The Hall–Kier alpha value is -2.77. The maximum atomic E-state index is 13.2. The molecule has 160 valence electrons. The minimum atomic E-state index is -1.38. The van der Waals surface area contributed by atoms with Crippen LogP contribution in [0.15, 0.2) is 30.3 Å². The number of hydrazine groups is 1. The van der Waals surface area contributed by atoms with Gasteiger partial charge in [-0.15, -0.1) is 0 Å². The molecule has 0 aliphatic heterocycles. The van der Waals surface area contributed by atoms with E-state index >= 15 is 0 Å². The molecule has 0 unspecified atom stereocenters. The number of nitrogens with two attached hydrogens (primary N) is 1. The molecule has 1 aromatic carbocycles. The van der Waals surface area contributed by atoms with Crippen LogP contribution in [0.1, 0.15) is 58.9 Å². The lowest BCUT2D eigenvalue weighted by molar-refractivity contribution is -0.164. The number of carbonyl (C=O) groups excluding carboxylic acids is 3. The van der Waals surface area contributed by atoms with Crippen molar-refractivity contribution in [1.82, 2.24) is 10.4 Å². The van der Waals surface area contributed by atoms with Crippen molar-refractivity contribution < 1.29 is 23.9 Å². The number of nitrogens with zero attached hydrogens (tertiary/aromatic N) is 1. The SMILES string of the molecule is CC(C)(C)OC(=O)N(NC(N)=O)[C@]1(C(=O)OCc2ccccc2)CC[C@H](C)CC1. The zero-order valence-electron chi connectivity index (χ0n) is 17.6. The second kappa shape index (κ2) is 9.15. The van der Waals surface area contributed by atoms with Crippen molar-refractivity contribution in [1.29, 1.82) is 0 Å². The van der Waals surface area contributed by atoms with E-state index in [0.29, 0.717) is 31.6 Å². The van der Waals surface area contributed by atoms with Gasteiger partial charge in [0.2, 0.25) is 0 Å². The molecule has 1 aromatic rings. The molecule has 8 nitrogen and oxygen atoms in total. The molecule has 0 aromatic heterocycles. The van der Waals surface area contributed by atoms with E-state index in [0.717, 1.165) is 10.6 Å². The standard InChI is InChI=1S/C21H31N3O5/c1-15-10-12-21(13-11-15,17(25)28-14-16-8-6-5-7-9-16)24(23-18(22)26)19(27)29-20(2,3)4/h5-9,15H,10-14H2,1-4H3,(H3,22,23,26)/t15-,21+. The first kappa shape index (κ1) is 22.5. The Morgan fingerprint density at radius 2 is 1.76 bits per heavy atom. The molecule has 1 fully saturated rings. The first-order valence-electron chi connectivity index (χ1n) is 9.84. The molecular formula is C21H31N3O5. The summed E-state index contributed by atoms with van der Waals surface area (Å²) in [6, 6.07) is 8.30. The summed E-state index contributed by atoms with van der Waals surface area (Å²) in [4.78, 5) is 37.8. The molecule has 3 amide bonds. The summed E-state index contributed by atoms with van der Waals surface area (Å²) in [7, 11) is 0. The van der Waals surface area contributed by atoms with Crippen LogP contribution in [0.5, 0.6) is 0 Å². The van der Waals surface area contributed by atoms with Crippen molar-refractivity contribution in [3.63, 3.8) is 0 Å². The Morgan fingerprint density at radius 3 is 2.28 bits per heavy atom. The van der Waals surface area contributed by atoms with Gasteiger partial charge in [-0.25, -0.2) is 19.8 Å². The summed E-state index contributed by atoms with van der Waals surface area (Å²) >= 11 is 0. The van der Waals surface area contributed by atoms with E-state index in [-0.39, 0.29) is 6.61 Å². The Balaban J connectivity index is 2.31. The van der Waals surface area contributed by atoms with E-state index in [1.54, 1.807) is 20.8 Å². The van der Waals surface area contributed by atoms with Crippen LogP contribution in [0.4, 0.5) is 9.59 Å². The molecule has 1 saturated carbocycles. The monoisotopic (exact) mass is 405 g/mol. The quantitative estimate of drug-likeness (QED) is 0.588. The van der Waals surface area contributed by atoms with Crippen LogP contribution in [0.3, 0.4) is 0 Å². The molecule has 0 saturated heterocycles. The van der Waals surface area contributed by atoms with E-state index in [1.807, 2.05) is 30.3 Å². The molecule has 1 aliphatic carbocycles. The number of hydrogen-bond donors (Lipinski definition) is 2. The van der Waals surface area contributed by atoms with E-state index < -0.39 is 29.2 Å². The summed E-state index contributed by atoms with van der Waals surface area (Å²) in [5.41, 5.74) is 6.24.